The van der Waals surface area contributed by atoms with Crippen molar-refractivity contribution < 1.29 is 0 Å². The van der Waals surface area contributed by atoms with E-state index in [2.05, 4.69) is 45.3 Å². The number of rotatable bonds is 2. The van der Waals surface area contributed by atoms with Gasteiger partial charge in [-0.25, -0.2) is 0 Å². The van der Waals surface area contributed by atoms with Crippen molar-refractivity contribution in [3.63, 3.8) is 0 Å². The van der Waals surface area contributed by atoms with Crippen molar-refractivity contribution in [1.29, 1.82) is 0 Å². The largest absolute Gasteiger partial charge is 0.301 e. The van der Waals surface area contributed by atoms with E-state index in [0.717, 1.165) is 13.1 Å². The molecule has 14 heavy (non-hydrogen) atoms. The van der Waals surface area contributed by atoms with Crippen LogP contribution in [-0.4, -0.2) is 19.3 Å². The van der Waals surface area contributed by atoms with Crippen LogP contribution in [0.4, 0.5) is 0 Å². The van der Waals surface area contributed by atoms with Crippen molar-refractivity contribution in [2.45, 2.75) is 53.6 Å². The van der Waals surface area contributed by atoms with Gasteiger partial charge in [0.15, 0.2) is 0 Å². The Bertz CT molecular complexity index is 185. The first kappa shape index (κ1) is 12.0. The molecule has 2 heteroatoms. The van der Waals surface area contributed by atoms with Gasteiger partial charge in [0.2, 0.25) is 0 Å². The summed E-state index contributed by atoms with van der Waals surface area (Å²) >= 11 is 0. The second-order valence-electron chi connectivity index (χ2n) is 6.02. The van der Waals surface area contributed by atoms with Gasteiger partial charge in [-0.3, -0.25) is 0 Å². The quantitative estimate of drug-likeness (QED) is 0.712. The van der Waals surface area contributed by atoms with Gasteiger partial charge >= 0.3 is 0 Å². The van der Waals surface area contributed by atoms with E-state index in [1.54, 1.807) is 0 Å². The van der Waals surface area contributed by atoms with Gasteiger partial charge in [0.25, 0.3) is 0 Å². The van der Waals surface area contributed by atoms with Gasteiger partial charge in [0.1, 0.15) is 0 Å². The topological polar surface area (TPSA) is 24.1 Å². The predicted molar refractivity (Wildman–Crippen MR) is 62.3 cm³/mol. The zero-order chi connectivity index (χ0) is 10.8. The molecule has 0 aromatic rings. The molecule has 0 aromatic heterocycles. The zero-order valence-corrected chi connectivity index (χ0v) is 10.4. The lowest BCUT2D eigenvalue weighted by molar-refractivity contribution is 0.199. The van der Waals surface area contributed by atoms with E-state index >= 15 is 0 Å². The lowest BCUT2D eigenvalue weighted by atomic mass is 9.86. The first-order valence-corrected chi connectivity index (χ1v) is 5.84. The maximum Gasteiger partial charge on any atom is 0.0624 e. The van der Waals surface area contributed by atoms with Crippen LogP contribution in [0.3, 0.4) is 0 Å². The fourth-order valence-corrected chi connectivity index (χ4v) is 1.85. The van der Waals surface area contributed by atoms with Gasteiger partial charge in [0, 0.05) is 6.54 Å². The summed E-state index contributed by atoms with van der Waals surface area (Å²) in [6, 6.07) is 0. The third-order valence-electron chi connectivity index (χ3n) is 3.63. The van der Waals surface area contributed by atoms with Crippen LogP contribution in [0, 0.1) is 10.8 Å². The molecule has 1 unspecified atom stereocenters. The van der Waals surface area contributed by atoms with E-state index in [4.69, 9.17) is 0 Å². The van der Waals surface area contributed by atoms with E-state index in [1.165, 1.54) is 12.8 Å². The summed E-state index contributed by atoms with van der Waals surface area (Å²) < 4.78 is 0. The van der Waals surface area contributed by atoms with Crippen molar-refractivity contribution in [3.05, 3.63) is 0 Å². The molecule has 1 heterocycles. The van der Waals surface area contributed by atoms with Crippen LogP contribution in [0.15, 0.2) is 0 Å². The molecule has 1 aliphatic heterocycles. The van der Waals surface area contributed by atoms with Crippen LogP contribution in [0.5, 0.6) is 0 Å². The van der Waals surface area contributed by atoms with Crippen LogP contribution >= 0.6 is 0 Å². The number of hydrogen-bond acceptors (Lipinski definition) is 2. The van der Waals surface area contributed by atoms with Crippen molar-refractivity contribution >= 4 is 0 Å². The Kier molecular flexibility index (Phi) is 3.59. The first-order valence-electron chi connectivity index (χ1n) is 5.84. The molecule has 1 rings (SSSR count). The minimum atomic E-state index is 0.348. The molecule has 1 atom stereocenters. The van der Waals surface area contributed by atoms with Crippen molar-refractivity contribution in [3.8, 4) is 0 Å². The fraction of sp³-hybridized carbons (Fsp3) is 1.00. The molecule has 84 valence electrons. The number of hydrogen-bond donors (Lipinski definition) is 2. The molecular formula is C12H26N2. The highest BCUT2D eigenvalue weighted by atomic mass is 15.1. The van der Waals surface area contributed by atoms with Gasteiger partial charge in [-0.05, 0) is 30.2 Å². The van der Waals surface area contributed by atoms with Crippen molar-refractivity contribution in [2.24, 2.45) is 10.8 Å². The summed E-state index contributed by atoms with van der Waals surface area (Å²) in [5, 5.41) is 7.27. The molecule has 0 amide bonds. The molecule has 1 saturated heterocycles. The molecule has 0 radical (unpaired) electrons. The van der Waals surface area contributed by atoms with Gasteiger partial charge in [-0.2, -0.15) is 0 Å². The summed E-state index contributed by atoms with van der Waals surface area (Å²) in [4.78, 5) is 0. The Morgan fingerprint density at radius 2 is 1.93 bits per heavy atom. The van der Waals surface area contributed by atoms with Gasteiger partial charge in [0.05, 0.1) is 6.17 Å². The zero-order valence-electron chi connectivity index (χ0n) is 10.4. The summed E-state index contributed by atoms with van der Waals surface area (Å²) in [5.41, 5.74) is 0.784. The highest BCUT2D eigenvalue weighted by Crippen LogP contribution is 2.27. The Labute approximate surface area is 88.8 Å². The Hall–Kier alpha value is -0.0800. The molecule has 0 aromatic carbocycles. The lowest BCUT2D eigenvalue weighted by Gasteiger charge is -2.34. The van der Waals surface area contributed by atoms with Gasteiger partial charge in [-0.1, -0.05) is 34.6 Å². The fourth-order valence-electron chi connectivity index (χ4n) is 1.85. The van der Waals surface area contributed by atoms with E-state index in [9.17, 15) is 0 Å². The minimum Gasteiger partial charge on any atom is -0.301 e. The average molecular weight is 198 g/mol. The van der Waals surface area contributed by atoms with Gasteiger partial charge < -0.3 is 10.6 Å². The maximum atomic E-state index is 3.65. The SMILES string of the molecule is CCC(C)(C)C1NCCC(C)(C)CN1. The standard InChI is InChI=1S/C12H26N2/c1-6-12(4,5)10-13-8-7-11(2,3)9-14-10/h10,13-14H,6-9H2,1-5H3. The number of nitrogens with one attached hydrogen (secondary N) is 2. The first-order chi connectivity index (χ1) is 6.37. The molecule has 0 saturated carbocycles. The van der Waals surface area contributed by atoms with Crippen LogP contribution in [-0.2, 0) is 0 Å². The Balaban J connectivity index is 2.58. The second-order valence-corrected chi connectivity index (χ2v) is 6.02. The van der Waals surface area contributed by atoms with Crippen molar-refractivity contribution in [2.75, 3.05) is 13.1 Å². The Morgan fingerprint density at radius 1 is 1.29 bits per heavy atom. The normalized spacial score (nSPS) is 28.5. The van der Waals surface area contributed by atoms with E-state index in [1.807, 2.05) is 0 Å². The van der Waals surface area contributed by atoms with Gasteiger partial charge in [-0.15, -0.1) is 0 Å². The smallest absolute Gasteiger partial charge is 0.0624 e. The summed E-state index contributed by atoms with van der Waals surface area (Å²) in [6.07, 6.45) is 2.93. The van der Waals surface area contributed by atoms with Crippen LogP contribution in [0.25, 0.3) is 0 Å². The Morgan fingerprint density at radius 3 is 2.50 bits per heavy atom. The molecule has 2 nitrogen and oxygen atoms in total. The molecule has 1 fully saturated rings. The molecule has 2 N–H and O–H groups in total. The lowest BCUT2D eigenvalue weighted by Crippen LogP contribution is -2.51. The van der Waals surface area contributed by atoms with E-state index in [-0.39, 0.29) is 0 Å². The third kappa shape index (κ3) is 2.96. The molecule has 0 spiro atoms. The van der Waals surface area contributed by atoms with E-state index < -0.39 is 0 Å². The monoisotopic (exact) mass is 198 g/mol. The summed E-state index contributed by atoms with van der Waals surface area (Å²) in [7, 11) is 0. The van der Waals surface area contributed by atoms with Crippen LogP contribution in [0.1, 0.15) is 47.5 Å². The molecule has 0 aliphatic carbocycles. The predicted octanol–water partition coefficient (Wildman–Crippen LogP) is 2.36. The summed E-state index contributed by atoms with van der Waals surface area (Å²) in [6.45, 7) is 13.8. The highest BCUT2D eigenvalue weighted by Gasteiger charge is 2.31. The maximum absolute atomic E-state index is 3.65. The average Bonchev–Trinajstić information content (AvgIpc) is 2.26. The van der Waals surface area contributed by atoms with E-state index in [0.29, 0.717) is 17.0 Å². The minimum absolute atomic E-state index is 0.348. The summed E-state index contributed by atoms with van der Waals surface area (Å²) in [5.74, 6) is 0. The second kappa shape index (κ2) is 4.19. The van der Waals surface area contributed by atoms with Crippen LogP contribution in [0.2, 0.25) is 0 Å². The third-order valence-corrected chi connectivity index (χ3v) is 3.63. The van der Waals surface area contributed by atoms with Crippen LogP contribution < -0.4 is 10.6 Å². The molecular weight excluding hydrogens is 172 g/mol. The molecule has 1 aliphatic rings. The highest BCUT2D eigenvalue weighted by molar-refractivity contribution is 4.87. The molecule has 0 bridgehead atoms. The van der Waals surface area contributed by atoms with Crippen molar-refractivity contribution in [1.82, 2.24) is 10.6 Å².